The van der Waals surface area contributed by atoms with E-state index in [4.69, 9.17) is 5.14 Å². The molecule has 1 rings (SSSR count). The quantitative estimate of drug-likeness (QED) is 0.816. The average molecular weight is 230 g/mol. The van der Waals surface area contributed by atoms with Crippen LogP contribution in [0.4, 0.5) is 5.69 Å². The first-order chi connectivity index (χ1) is 6.88. The summed E-state index contributed by atoms with van der Waals surface area (Å²) in [5.74, 6) is 0. The average Bonchev–Trinajstić information content (AvgIpc) is 2.14. The fourth-order valence-electron chi connectivity index (χ4n) is 1.07. The van der Waals surface area contributed by atoms with Crippen LogP contribution in [0.25, 0.3) is 0 Å². The molecular weight excluding hydrogens is 216 g/mol. The van der Waals surface area contributed by atoms with Crippen molar-refractivity contribution in [1.82, 2.24) is 0 Å². The van der Waals surface area contributed by atoms with Crippen LogP contribution in [0.1, 0.15) is 5.56 Å². The van der Waals surface area contributed by atoms with Gasteiger partial charge in [-0.3, -0.25) is 4.18 Å². The second kappa shape index (κ2) is 4.61. The van der Waals surface area contributed by atoms with Crippen molar-refractivity contribution >= 4 is 16.0 Å². The van der Waals surface area contributed by atoms with E-state index in [1.807, 2.05) is 37.2 Å². The second-order valence-corrected chi connectivity index (χ2v) is 4.54. The number of nitrogens with zero attached hydrogens (tertiary/aromatic N) is 1. The zero-order valence-corrected chi connectivity index (χ0v) is 9.49. The molecule has 5 nitrogen and oxygen atoms in total. The maximum absolute atomic E-state index is 10.6. The predicted molar refractivity (Wildman–Crippen MR) is 58.7 cm³/mol. The van der Waals surface area contributed by atoms with Crippen molar-refractivity contribution in [3.05, 3.63) is 29.8 Å². The zero-order valence-electron chi connectivity index (χ0n) is 8.67. The van der Waals surface area contributed by atoms with Crippen molar-refractivity contribution in [3.8, 4) is 0 Å². The number of rotatable bonds is 4. The number of hydrogen-bond acceptors (Lipinski definition) is 4. The molecule has 0 unspecified atom stereocenters. The Hall–Kier alpha value is -1.11. The Morgan fingerprint density at radius 2 is 2.07 bits per heavy atom. The monoisotopic (exact) mass is 230 g/mol. The Kier molecular flexibility index (Phi) is 3.67. The number of hydrogen-bond donors (Lipinski definition) is 1. The summed E-state index contributed by atoms with van der Waals surface area (Å²) in [6.07, 6.45) is 0. The minimum absolute atomic E-state index is 0.0412. The molecule has 15 heavy (non-hydrogen) atoms. The van der Waals surface area contributed by atoms with Crippen LogP contribution in [0.15, 0.2) is 24.3 Å². The summed E-state index contributed by atoms with van der Waals surface area (Å²) in [6, 6.07) is 7.36. The maximum atomic E-state index is 10.6. The first-order valence-corrected chi connectivity index (χ1v) is 5.79. The standard InChI is InChI=1S/C9H14N2O3S/c1-11(2)9-5-3-4-8(6-9)7-14-15(10,12)13/h3-6H,7H2,1-2H3,(H2,10,12,13). The van der Waals surface area contributed by atoms with Crippen molar-refractivity contribution in [2.24, 2.45) is 5.14 Å². The van der Waals surface area contributed by atoms with Crippen LogP contribution >= 0.6 is 0 Å². The first-order valence-electron chi connectivity index (χ1n) is 4.32. The highest BCUT2D eigenvalue weighted by Gasteiger charge is 2.04. The van der Waals surface area contributed by atoms with E-state index in [1.165, 1.54) is 0 Å². The van der Waals surface area contributed by atoms with Gasteiger partial charge in [0.15, 0.2) is 0 Å². The molecule has 0 bridgehead atoms. The summed E-state index contributed by atoms with van der Waals surface area (Å²) < 4.78 is 25.6. The van der Waals surface area contributed by atoms with Gasteiger partial charge >= 0.3 is 10.3 Å². The topological polar surface area (TPSA) is 72.6 Å². The lowest BCUT2D eigenvalue weighted by atomic mass is 10.2. The minimum atomic E-state index is -3.87. The summed E-state index contributed by atoms with van der Waals surface area (Å²) in [5, 5.41) is 4.72. The van der Waals surface area contributed by atoms with Crippen LogP contribution in [0.5, 0.6) is 0 Å². The molecule has 0 atom stereocenters. The van der Waals surface area contributed by atoms with Crippen LogP contribution in [0.3, 0.4) is 0 Å². The molecule has 0 amide bonds. The van der Waals surface area contributed by atoms with Crippen molar-refractivity contribution < 1.29 is 12.6 Å². The molecule has 1 aromatic carbocycles. The molecule has 2 N–H and O–H groups in total. The third-order valence-corrected chi connectivity index (χ3v) is 2.26. The van der Waals surface area contributed by atoms with Gasteiger partial charge in [-0.1, -0.05) is 12.1 Å². The molecule has 0 heterocycles. The van der Waals surface area contributed by atoms with Crippen LogP contribution in [-0.4, -0.2) is 22.5 Å². The number of nitrogens with two attached hydrogens (primary N) is 1. The molecule has 84 valence electrons. The smallest absolute Gasteiger partial charge is 0.333 e. The minimum Gasteiger partial charge on any atom is -0.378 e. The molecule has 0 aliphatic heterocycles. The van der Waals surface area contributed by atoms with Crippen molar-refractivity contribution in [3.63, 3.8) is 0 Å². The van der Waals surface area contributed by atoms with Gasteiger partial charge < -0.3 is 4.90 Å². The Balaban J connectivity index is 2.74. The fourth-order valence-corrected chi connectivity index (χ4v) is 1.37. The summed E-state index contributed by atoms with van der Waals surface area (Å²) in [7, 11) is -0.0642. The van der Waals surface area contributed by atoms with E-state index in [9.17, 15) is 8.42 Å². The molecule has 0 radical (unpaired) electrons. The summed E-state index contributed by atoms with van der Waals surface area (Å²) >= 11 is 0. The second-order valence-electron chi connectivity index (χ2n) is 3.32. The fraction of sp³-hybridized carbons (Fsp3) is 0.333. The Morgan fingerprint density at radius 3 is 2.60 bits per heavy atom. The van der Waals surface area contributed by atoms with Gasteiger partial charge in [0.1, 0.15) is 0 Å². The van der Waals surface area contributed by atoms with E-state index in [1.54, 1.807) is 6.07 Å². The highest BCUT2D eigenvalue weighted by Crippen LogP contribution is 2.14. The highest BCUT2D eigenvalue weighted by atomic mass is 32.2. The molecular formula is C9H14N2O3S. The summed E-state index contributed by atoms with van der Waals surface area (Å²) in [4.78, 5) is 1.92. The van der Waals surface area contributed by atoms with Crippen LogP contribution < -0.4 is 10.0 Å². The lowest BCUT2D eigenvalue weighted by Gasteiger charge is -2.13. The van der Waals surface area contributed by atoms with Gasteiger partial charge in [-0.2, -0.15) is 8.42 Å². The van der Waals surface area contributed by atoms with Crippen LogP contribution in [0, 0.1) is 0 Å². The van der Waals surface area contributed by atoms with E-state index in [0.717, 1.165) is 11.3 Å². The molecule has 0 aliphatic carbocycles. The SMILES string of the molecule is CN(C)c1cccc(COS(N)(=O)=O)c1. The molecule has 0 aliphatic rings. The van der Waals surface area contributed by atoms with Gasteiger partial charge in [-0.25, -0.2) is 5.14 Å². The van der Waals surface area contributed by atoms with E-state index in [2.05, 4.69) is 4.18 Å². The van der Waals surface area contributed by atoms with Crippen molar-refractivity contribution in [2.75, 3.05) is 19.0 Å². The molecule has 1 aromatic rings. The Morgan fingerprint density at radius 1 is 1.40 bits per heavy atom. The molecule has 0 saturated heterocycles. The lowest BCUT2D eigenvalue weighted by Crippen LogP contribution is -2.15. The van der Waals surface area contributed by atoms with Crippen molar-refractivity contribution in [1.29, 1.82) is 0 Å². The third kappa shape index (κ3) is 4.28. The summed E-state index contributed by atoms with van der Waals surface area (Å²) in [5.41, 5.74) is 1.74. The van der Waals surface area contributed by atoms with Gasteiger partial charge in [0, 0.05) is 19.8 Å². The lowest BCUT2D eigenvalue weighted by molar-refractivity contribution is 0.308. The van der Waals surface area contributed by atoms with Crippen LogP contribution in [-0.2, 0) is 21.1 Å². The molecule has 6 heteroatoms. The van der Waals surface area contributed by atoms with Gasteiger partial charge in [0.25, 0.3) is 0 Å². The normalized spacial score (nSPS) is 11.4. The zero-order chi connectivity index (χ0) is 11.5. The maximum Gasteiger partial charge on any atom is 0.333 e. The van der Waals surface area contributed by atoms with Gasteiger partial charge in [-0.05, 0) is 17.7 Å². The van der Waals surface area contributed by atoms with Gasteiger partial charge in [0.2, 0.25) is 0 Å². The van der Waals surface area contributed by atoms with Crippen LogP contribution in [0.2, 0.25) is 0 Å². The molecule has 0 fully saturated rings. The third-order valence-electron chi connectivity index (χ3n) is 1.82. The van der Waals surface area contributed by atoms with Gasteiger partial charge in [-0.15, -0.1) is 0 Å². The first kappa shape index (κ1) is 12.0. The Bertz CT molecular complexity index is 429. The molecule has 0 aromatic heterocycles. The summed E-state index contributed by atoms with van der Waals surface area (Å²) in [6.45, 7) is -0.0412. The molecule has 0 spiro atoms. The van der Waals surface area contributed by atoms with E-state index < -0.39 is 10.3 Å². The van der Waals surface area contributed by atoms with Crippen molar-refractivity contribution in [2.45, 2.75) is 6.61 Å². The molecule has 0 saturated carbocycles. The largest absolute Gasteiger partial charge is 0.378 e. The highest BCUT2D eigenvalue weighted by molar-refractivity contribution is 7.84. The van der Waals surface area contributed by atoms with E-state index >= 15 is 0 Å². The Labute approximate surface area is 89.7 Å². The van der Waals surface area contributed by atoms with E-state index in [0.29, 0.717) is 0 Å². The van der Waals surface area contributed by atoms with Gasteiger partial charge in [0.05, 0.1) is 6.61 Å². The number of benzene rings is 1. The predicted octanol–water partition coefficient (Wildman–Crippen LogP) is 0.473. The number of anilines is 1. The van der Waals surface area contributed by atoms with E-state index in [-0.39, 0.29) is 6.61 Å².